The lowest BCUT2D eigenvalue weighted by Crippen LogP contribution is -2.13. The maximum absolute atomic E-state index is 4.67. The maximum atomic E-state index is 4.67. The largest absolute Gasteiger partial charge is 0.319 e. The first-order chi connectivity index (χ1) is 9.52. The molecule has 20 heavy (non-hydrogen) atoms. The summed E-state index contributed by atoms with van der Waals surface area (Å²) in [7, 11) is 1.96. The Morgan fingerprint density at radius 2 is 1.75 bits per heavy atom. The summed E-state index contributed by atoms with van der Waals surface area (Å²) in [5, 5.41) is 3.17. The minimum absolute atomic E-state index is 0.800. The van der Waals surface area contributed by atoms with Crippen molar-refractivity contribution < 1.29 is 0 Å². The molecule has 0 unspecified atom stereocenters. The number of rotatable bonds is 4. The van der Waals surface area contributed by atoms with Crippen LogP contribution < -0.4 is 5.32 Å². The van der Waals surface area contributed by atoms with Crippen LogP contribution >= 0.6 is 15.9 Å². The molecule has 0 aliphatic rings. The summed E-state index contributed by atoms with van der Waals surface area (Å²) >= 11 is 3.57. The molecule has 0 spiro atoms. The Labute approximate surface area is 129 Å². The Morgan fingerprint density at radius 1 is 1.10 bits per heavy atom. The maximum Gasteiger partial charge on any atom is 0.159 e. The zero-order valence-electron chi connectivity index (χ0n) is 12.4. The van der Waals surface area contributed by atoms with Crippen molar-refractivity contribution >= 4 is 15.9 Å². The molecule has 106 valence electrons. The first-order valence-electron chi connectivity index (χ1n) is 6.78. The molecule has 1 aromatic carbocycles. The second-order valence-electron chi connectivity index (χ2n) is 5.01. The normalized spacial score (nSPS) is 10.8. The molecule has 1 heterocycles. The number of hydrogen-bond donors (Lipinski definition) is 1. The van der Waals surface area contributed by atoms with Gasteiger partial charge in [0.15, 0.2) is 5.82 Å². The summed E-state index contributed by atoms with van der Waals surface area (Å²) in [5.74, 6) is 0.800. The SMILES string of the molecule is CNCCc1c(C)nc(-c2ccc(C)c(Br)c2)nc1C. The fourth-order valence-electron chi connectivity index (χ4n) is 2.21. The van der Waals surface area contributed by atoms with E-state index in [0.29, 0.717) is 0 Å². The Bertz CT molecular complexity index is 600. The standard InChI is InChI=1S/C16H20BrN3/c1-10-5-6-13(9-15(10)17)16-19-11(2)14(7-8-18-4)12(3)20-16/h5-6,9,18H,7-8H2,1-4H3. The number of halogens is 1. The van der Waals surface area contributed by atoms with Crippen LogP contribution in [0.5, 0.6) is 0 Å². The van der Waals surface area contributed by atoms with Gasteiger partial charge in [0, 0.05) is 21.4 Å². The van der Waals surface area contributed by atoms with E-state index in [1.807, 2.05) is 7.05 Å². The minimum atomic E-state index is 0.800. The van der Waals surface area contributed by atoms with Crippen LogP contribution in [0.25, 0.3) is 11.4 Å². The Morgan fingerprint density at radius 3 is 2.30 bits per heavy atom. The van der Waals surface area contributed by atoms with Crippen LogP contribution in [0.3, 0.4) is 0 Å². The van der Waals surface area contributed by atoms with Gasteiger partial charge in [-0.25, -0.2) is 9.97 Å². The summed E-state index contributed by atoms with van der Waals surface area (Å²) in [6.07, 6.45) is 0.964. The van der Waals surface area contributed by atoms with E-state index >= 15 is 0 Å². The lowest BCUT2D eigenvalue weighted by molar-refractivity contribution is 0.774. The number of aromatic nitrogens is 2. The van der Waals surface area contributed by atoms with E-state index in [2.05, 4.69) is 70.2 Å². The van der Waals surface area contributed by atoms with Crippen LogP contribution in [-0.2, 0) is 6.42 Å². The van der Waals surface area contributed by atoms with Gasteiger partial charge in [0.05, 0.1) is 0 Å². The van der Waals surface area contributed by atoms with Crippen molar-refractivity contribution in [3.05, 3.63) is 45.2 Å². The molecule has 1 aromatic heterocycles. The molecule has 0 atom stereocenters. The summed E-state index contributed by atoms with van der Waals surface area (Å²) in [6, 6.07) is 6.24. The summed E-state index contributed by atoms with van der Waals surface area (Å²) in [6.45, 7) is 7.14. The minimum Gasteiger partial charge on any atom is -0.319 e. The van der Waals surface area contributed by atoms with Crippen LogP contribution in [0.15, 0.2) is 22.7 Å². The van der Waals surface area contributed by atoms with Gasteiger partial charge in [0.1, 0.15) is 0 Å². The monoisotopic (exact) mass is 333 g/mol. The third-order valence-electron chi connectivity index (χ3n) is 3.48. The highest BCUT2D eigenvalue weighted by molar-refractivity contribution is 9.10. The van der Waals surface area contributed by atoms with E-state index in [4.69, 9.17) is 0 Å². The van der Waals surface area contributed by atoms with Gasteiger partial charge in [-0.3, -0.25) is 0 Å². The van der Waals surface area contributed by atoms with Crippen LogP contribution in [0, 0.1) is 20.8 Å². The van der Waals surface area contributed by atoms with Gasteiger partial charge in [-0.2, -0.15) is 0 Å². The van der Waals surface area contributed by atoms with Gasteiger partial charge in [0.25, 0.3) is 0 Å². The number of nitrogens with one attached hydrogen (secondary N) is 1. The van der Waals surface area contributed by atoms with Crippen LogP contribution in [0.4, 0.5) is 0 Å². The molecule has 0 aliphatic carbocycles. The molecule has 0 saturated heterocycles. The van der Waals surface area contributed by atoms with Gasteiger partial charge in [-0.1, -0.05) is 28.1 Å². The van der Waals surface area contributed by atoms with Crippen molar-refractivity contribution in [3.63, 3.8) is 0 Å². The summed E-state index contributed by atoms with van der Waals surface area (Å²) < 4.78 is 1.09. The number of aryl methyl sites for hydroxylation is 3. The topological polar surface area (TPSA) is 37.8 Å². The Hall–Kier alpha value is -1.26. The number of likely N-dealkylation sites (N-methyl/N-ethyl adjacent to an activating group) is 1. The van der Waals surface area contributed by atoms with Crippen LogP contribution in [-0.4, -0.2) is 23.6 Å². The molecule has 1 N–H and O–H groups in total. The van der Waals surface area contributed by atoms with Crippen molar-refractivity contribution in [1.29, 1.82) is 0 Å². The van der Waals surface area contributed by atoms with E-state index < -0.39 is 0 Å². The highest BCUT2D eigenvalue weighted by Gasteiger charge is 2.10. The number of nitrogens with zero attached hydrogens (tertiary/aromatic N) is 2. The first-order valence-corrected chi connectivity index (χ1v) is 7.57. The zero-order chi connectivity index (χ0) is 14.7. The summed E-state index contributed by atoms with van der Waals surface area (Å²) in [5.41, 5.74) is 5.65. The second-order valence-corrected chi connectivity index (χ2v) is 5.87. The highest BCUT2D eigenvalue weighted by Crippen LogP contribution is 2.24. The smallest absolute Gasteiger partial charge is 0.159 e. The average molecular weight is 334 g/mol. The quantitative estimate of drug-likeness (QED) is 0.928. The molecule has 0 bridgehead atoms. The van der Waals surface area contributed by atoms with Gasteiger partial charge < -0.3 is 5.32 Å². The van der Waals surface area contributed by atoms with Crippen LogP contribution in [0.2, 0.25) is 0 Å². The van der Waals surface area contributed by atoms with Crippen molar-refractivity contribution in [2.45, 2.75) is 27.2 Å². The molecule has 0 aliphatic heterocycles. The van der Waals surface area contributed by atoms with Crippen molar-refractivity contribution in [3.8, 4) is 11.4 Å². The number of hydrogen-bond acceptors (Lipinski definition) is 3. The third-order valence-corrected chi connectivity index (χ3v) is 4.33. The fraction of sp³-hybridized carbons (Fsp3) is 0.375. The van der Waals surface area contributed by atoms with Crippen LogP contribution in [0.1, 0.15) is 22.5 Å². The molecule has 0 amide bonds. The van der Waals surface area contributed by atoms with Gasteiger partial charge in [-0.15, -0.1) is 0 Å². The lowest BCUT2D eigenvalue weighted by atomic mass is 10.1. The Balaban J connectivity index is 2.41. The molecule has 0 fully saturated rings. The molecule has 2 aromatic rings. The molecular weight excluding hydrogens is 314 g/mol. The van der Waals surface area contributed by atoms with E-state index in [1.54, 1.807) is 0 Å². The Kier molecular flexibility index (Phi) is 4.89. The third kappa shape index (κ3) is 3.25. The van der Waals surface area contributed by atoms with Crippen molar-refractivity contribution in [1.82, 2.24) is 15.3 Å². The first kappa shape index (κ1) is 15.1. The van der Waals surface area contributed by atoms with Crippen molar-refractivity contribution in [2.75, 3.05) is 13.6 Å². The molecule has 0 radical (unpaired) electrons. The lowest BCUT2D eigenvalue weighted by Gasteiger charge is -2.11. The summed E-state index contributed by atoms with van der Waals surface area (Å²) in [4.78, 5) is 9.34. The molecule has 0 saturated carbocycles. The molecule has 4 heteroatoms. The highest BCUT2D eigenvalue weighted by atomic mass is 79.9. The van der Waals surface area contributed by atoms with Gasteiger partial charge in [-0.05, 0) is 58.0 Å². The zero-order valence-corrected chi connectivity index (χ0v) is 14.0. The molecule has 3 nitrogen and oxygen atoms in total. The van der Waals surface area contributed by atoms with E-state index in [-0.39, 0.29) is 0 Å². The van der Waals surface area contributed by atoms with E-state index in [1.165, 1.54) is 11.1 Å². The fourth-order valence-corrected chi connectivity index (χ4v) is 2.59. The molecular formula is C16H20BrN3. The van der Waals surface area contributed by atoms with Crippen molar-refractivity contribution in [2.24, 2.45) is 0 Å². The van der Waals surface area contributed by atoms with E-state index in [0.717, 1.165) is 40.2 Å². The predicted octanol–water partition coefficient (Wildman–Crippen LogP) is 3.59. The van der Waals surface area contributed by atoms with Gasteiger partial charge >= 0.3 is 0 Å². The average Bonchev–Trinajstić information content (AvgIpc) is 2.41. The second kappa shape index (κ2) is 6.46. The van der Waals surface area contributed by atoms with Gasteiger partial charge in [0.2, 0.25) is 0 Å². The number of benzene rings is 1. The molecule has 2 rings (SSSR count). The predicted molar refractivity (Wildman–Crippen MR) is 87.0 cm³/mol. The van der Waals surface area contributed by atoms with E-state index in [9.17, 15) is 0 Å².